The van der Waals surface area contributed by atoms with E-state index in [1.54, 1.807) is 0 Å². The Morgan fingerprint density at radius 3 is 2.68 bits per heavy atom. The second-order valence-corrected chi connectivity index (χ2v) is 7.25. The Morgan fingerprint density at radius 2 is 1.79 bits per heavy atom. The molecule has 0 spiro atoms. The molecule has 0 N–H and O–H groups in total. The van der Waals surface area contributed by atoms with E-state index in [0.29, 0.717) is 37.6 Å². The van der Waals surface area contributed by atoms with Gasteiger partial charge in [-0.1, -0.05) is 24.3 Å². The number of likely N-dealkylation sites (tertiary alicyclic amines) is 1. The van der Waals surface area contributed by atoms with Gasteiger partial charge in [-0.25, -0.2) is 0 Å². The lowest BCUT2D eigenvalue weighted by atomic mass is 10.0. The van der Waals surface area contributed by atoms with Gasteiger partial charge in [-0.2, -0.15) is 0 Å². The van der Waals surface area contributed by atoms with Crippen molar-refractivity contribution in [3.05, 3.63) is 60.0 Å². The highest BCUT2D eigenvalue weighted by atomic mass is 16.5. The van der Waals surface area contributed by atoms with E-state index in [1.807, 2.05) is 36.4 Å². The molecule has 1 unspecified atom stereocenters. The highest BCUT2D eigenvalue weighted by molar-refractivity contribution is 5.51. The van der Waals surface area contributed by atoms with Crippen molar-refractivity contribution in [2.45, 2.75) is 31.8 Å². The van der Waals surface area contributed by atoms with Gasteiger partial charge in [0.15, 0.2) is 11.5 Å². The van der Waals surface area contributed by atoms with Gasteiger partial charge >= 0.3 is 0 Å². The van der Waals surface area contributed by atoms with Crippen LogP contribution in [0.4, 0.5) is 0 Å². The molecule has 0 amide bonds. The van der Waals surface area contributed by atoms with Gasteiger partial charge in [0.1, 0.15) is 0 Å². The van der Waals surface area contributed by atoms with E-state index in [1.165, 1.54) is 5.56 Å². The van der Waals surface area contributed by atoms with Crippen molar-refractivity contribution in [1.82, 2.24) is 15.1 Å². The third-order valence-electron chi connectivity index (χ3n) is 5.35. The van der Waals surface area contributed by atoms with Crippen LogP contribution >= 0.6 is 0 Å². The predicted molar refractivity (Wildman–Crippen MR) is 104 cm³/mol. The third kappa shape index (κ3) is 3.47. The molecule has 6 nitrogen and oxygen atoms in total. The van der Waals surface area contributed by atoms with Crippen molar-refractivity contribution in [3.63, 3.8) is 0 Å². The van der Waals surface area contributed by atoms with Crippen LogP contribution in [0.5, 0.6) is 11.5 Å². The van der Waals surface area contributed by atoms with Gasteiger partial charge in [0.05, 0.1) is 19.8 Å². The van der Waals surface area contributed by atoms with Crippen molar-refractivity contribution in [2.24, 2.45) is 0 Å². The second-order valence-electron chi connectivity index (χ2n) is 7.25. The van der Waals surface area contributed by atoms with Gasteiger partial charge in [-0.3, -0.25) is 4.90 Å². The molecule has 144 valence electrons. The first-order valence-corrected chi connectivity index (χ1v) is 9.88. The first-order valence-electron chi connectivity index (χ1n) is 9.88. The van der Waals surface area contributed by atoms with Gasteiger partial charge in [0.2, 0.25) is 11.8 Å². The molecule has 1 aromatic heterocycles. The number of ether oxygens (including phenoxy) is 2. The van der Waals surface area contributed by atoms with E-state index < -0.39 is 0 Å². The quantitative estimate of drug-likeness (QED) is 0.678. The van der Waals surface area contributed by atoms with Gasteiger partial charge in [-0.05, 0) is 49.2 Å². The van der Waals surface area contributed by atoms with E-state index in [9.17, 15) is 0 Å². The summed E-state index contributed by atoms with van der Waals surface area (Å²) < 4.78 is 17.5. The first-order chi connectivity index (χ1) is 13.9. The van der Waals surface area contributed by atoms with Crippen LogP contribution in [-0.2, 0) is 6.54 Å². The minimum Gasteiger partial charge on any atom is -0.490 e. The number of hydrogen-bond acceptors (Lipinski definition) is 6. The summed E-state index contributed by atoms with van der Waals surface area (Å²) in [5.41, 5.74) is 2.20. The van der Waals surface area contributed by atoms with Crippen LogP contribution in [0.1, 0.15) is 36.8 Å². The van der Waals surface area contributed by atoms with Gasteiger partial charge in [0, 0.05) is 18.0 Å². The maximum absolute atomic E-state index is 5.91. The molecule has 1 fully saturated rings. The summed E-state index contributed by atoms with van der Waals surface area (Å²) in [5, 5.41) is 8.48. The fraction of sp³-hybridized carbons (Fsp3) is 0.364. The minimum absolute atomic E-state index is 0.323. The zero-order valence-corrected chi connectivity index (χ0v) is 15.7. The fourth-order valence-electron chi connectivity index (χ4n) is 3.97. The number of fused-ring (bicyclic) bond motifs is 1. The zero-order chi connectivity index (χ0) is 18.8. The Labute approximate surface area is 164 Å². The topological polar surface area (TPSA) is 60.6 Å². The van der Waals surface area contributed by atoms with Crippen LogP contribution in [-0.4, -0.2) is 34.9 Å². The minimum atomic E-state index is 0.323. The molecule has 3 heterocycles. The van der Waals surface area contributed by atoms with Crippen LogP contribution in [0.3, 0.4) is 0 Å². The first kappa shape index (κ1) is 17.3. The number of hydrogen-bond donors (Lipinski definition) is 0. The Hall–Kier alpha value is -2.86. The van der Waals surface area contributed by atoms with E-state index in [4.69, 9.17) is 13.9 Å². The molecule has 1 saturated heterocycles. The summed E-state index contributed by atoms with van der Waals surface area (Å²) in [6, 6.07) is 16.5. The largest absolute Gasteiger partial charge is 0.490 e. The SMILES string of the molecule is c1ccc(-c2nnc(CN3CCCC3c3ccc4c(c3)OCCCO4)o2)cc1. The standard InChI is InChI=1S/C22H23N3O3/c1-2-6-16(7-3-1)22-24-23-21(28-22)15-25-11-4-8-18(25)17-9-10-19-20(14-17)27-13-5-12-26-19/h1-3,6-7,9-10,14,18H,4-5,8,11-13,15H2. The molecule has 0 bridgehead atoms. The molecular weight excluding hydrogens is 354 g/mol. The van der Waals surface area contributed by atoms with Crippen LogP contribution in [0.15, 0.2) is 52.9 Å². The van der Waals surface area contributed by atoms with Crippen LogP contribution < -0.4 is 9.47 Å². The molecule has 2 aliphatic rings. The molecule has 0 radical (unpaired) electrons. The highest BCUT2D eigenvalue weighted by Crippen LogP contribution is 2.38. The lowest BCUT2D eigenvalue weighted by Gasteiger charge is -2.24. The summed E-state index contributed by atoms with van der Waals surface area (Å²) in [6.45, 7) is 3.08. The molecule has 3 aromatic rings. The Morgan fingerprint density at radius 1 is 0.929 bits per heavy atom. The summed E-state index contributed by atoms with van der Waals surface area (Å²) in [6.07, 6.45) is 3.18. The molecule has 5 rings (SSSR count). The highest BCUT2D eigenvalue weighted by Gasteiger charge is 2.28. The smallest absolute Gasteiger partial charge is 0.247 e. The van der Waals surface area contributed by atoms with Crippen molar-refractivity contribution >= 4 is 0 Å². The van der Waals surface area contributed by atoms with E-state index in [-0.39, 0.29) is 0 Å². The molecule has 2 aliphatic heterocycles. The van der Waals surface area contributed by atoms with Gasteiger partial charge in [0.25, 0.3) is 0 Å². The summed E-state index contributed by atoms with van der Waals surface area (Å²) >= 11 is 0. The molecule has 0 aliphatic carbocycles. The molecule has 1 atom stereocenters. The molecule has 28 heavy (non-hydrogen) atoms. The van der Waals surface area contributed by atoms with Crippen LogP contribution in [0.2, 0.25) is 0 Å². The number of nitrogens with zero attached hydrogens (tertiary/aromatic N) is 3. The summed E-state index contributed by atoms with van der Waals surface area (Å²) in [5.74, 6) is 2.92. The summed E-state index contributed by atoms with van der Waals surface area (Å²) in [7, 11) is 0. The fourth-order valence-corrected chi connectivity index (χ4v) is 3.97. The maximum atomic E-state index is 5.91. The molecular formula is C22H23N3O3. The lowest BCUT2D eigenvalue weighted by molar-refractivity contribution is 0.223. The summed E-state index contributed by atoms with van der Waals surface area (Å²) in [4.78, 5) is 2.40. The normalized spacial score (nSPS) is 19.5. The average Bonchev–Trinajstić information content (AvgIpc) is 3.33. The van der Waals surface area contributed by atoms with Crippen molar-refractivity contribution in [1.29, 1.82) is 0 Å². The average molecular weight is 377 g/mol. The van der Waals surface area contributed by atoms with E-state index in [2.05, 4.69) is 27.2 Å². The monoisotopic (exact) mass is 377 g/mol. The zero-order valence-electron chi connectivity index (χ0n) is 15.7. The van der Waals surface area contributed by atoms with E-state index >= 15 is 0 Å². The maximum Gasteiger partial charge on any atom is 0.247 e. The van der Waals surface area contributed by atoms with Gasteiger partial charge < -0.3 is 13.9 Å². The van der Waals surface area contributed by atoms with Crippen molar-refractivity contribution in [2.75, 3.05) is 19.8 Å². The van der Waals surface area contributed by atoms with E-state index in [0.717, 1.165) is 42.9 Å². The number of rotatable bonds is 4. The number of benzene rings is 2. The van der Waals surface area contributed by atoms with Gasteiger partial charge in [-0.15, -0.1) is 10.2 Å². The van der Waals surface area contributed by atoms with Crippen molar-refractivity contribution < 1.29 is 13.9 Å². The number of aromatic nitrogens is 2. The molecule has 6 heteroatoms. The molecule has 2 aromatic carbocycles. The third-order valence-corrected chi connectivity index (χ3v) is 5.35. The second kappa shape index (κ2) is 7.64. The van der Waals surface area contributed by atoms with Crippen LogP contribution in [0.25, 0.3) is 11.5 Å². The lowest BCUT2D eigenvalue weighted by Crippen LogP contribution is -2.23. The Balaban J connectivity index is 1.34. The Kier molecular flexibility index (Phi) is 4.71. The van der Waals surface area contributed by atoms with Crippen LogP contribution in [0, 0.1) is 0 Å². The molecule has 0 saturated carbocycles. The van der Waals surface area contributed by atoms with Crippen molar-refractivity contribution in [3.8, 4) is 23.0 Å². The predicted octanol–water partition coefficient (Wildman–Crippen LogP) is 4.24. The Bertz CT molecular complexity index is 941.